The van der Waals surface area contributed by atoms with Crippen LogP contribution in [0, 0.1) is 10.8 Å². The van der Waals surface area contributed by atoms with Crippen LogP contribution in [-0.4, -0.2) is 91.1 Å². The number of carbonyl (C=O) groups excluding carboxylic acids is 2. The molecule has 10 heteroatoms. The predicted octanol–water partition coefficient (Wildman–Crippen LogP) is 0.804. The molecule has 0 saturated carbocycles. The van der Waals surface area contributed by atoms with Crippen molar-refractivity contribution >= 4 is 11.9 Å². The molecular weight excluding hydrogens is 440 g/mol. The largest absolute Gasteiger partial charge is 0.468 e. The average Bonchev–Trinajstić information content (AvgIpc) is 2.86. The molecule has 4 heterocycles. The first-order valence-electron chi connectivity index (χ1n) is 10.9. The summed E-state index contributed by atoms with van der Waals surface area (Å²) in [5, 5.41) is 12.5. The summed E-state index contributed by atoms with van der Waals surface area (Å²) in [5.74, 6) is -3.78. The Morgan fingerprint density at radius 3 is 1.65 bits per heavy atom. The molecular formula is C24H30N4O6. The van der Waals surface area contributed by atoms with E-state index in [-0.39, 0.29) is 13.1 Å². The summed E-state index contributed by atoms with van der Waals surface area (Å²) >= 11 is 0. The number of fused-ring (bicyclic) bond motifs is 2. The van der Waals surface area contributed by atoms with Gasteiger partial charge in [-0.25, -0.2) is 0 Å². The van der Waals surface area contributed by atoms with Gasteiger partial charge < -0.3 is 24.2 Å². The lowest BCUT2D eigenvalue weighted by Gasteiger charge is -2.68. The van der Waals surface area contributed by atoms with Gasteiger partial charge in [-0.05, 0) is 38.4 Å². The van der Waals surface area contributed by atoms with Crippen LogP contribution < -0.4 is 0 Å². The smallest absolute Gasteiger partial charge is 0.320 e. The highest BCUT2D eigenvalue weighted by atomic mass is 16.6. The van der Waals surface area contributed by atoms with E-state index in [9.17, 15) is 14.7 Å². The highest BCUT2D eigenvalue weighted by Crippen LogP contribution is 2.67. The minimum absolute atomic E-state index is 0.0449. The van der Waals surface area contributed by atoms with Crippen LogP contribution in [0.4, 0.5) is 0 Å². The quantitative estimate of drug-likeness (QED) is 0.497. The number of aliphatic hydroxyl groups is 1. The lowest BCUT2D eigenvalue weighted by atomic mass is 9.51. The molecule has 2 fully saturated rings. The van der Waals surface area contributed by atoms with Gasteiger partial charge in [0.2, 0.25) is 5.79 Å². The van der Waals surface area contributed by atoms with Crippen LogP contribution in [0.1, 0.15) is 23.5 Å². The Labute approximate surface area is 198 Å². The number of aromatic nitrogens is 2. The molecule has 0 spiro atoms. The molecule has 0 aromatic carbocycles. The van der Waals surface area contributed by atoms with Gasteiger partial charge in [-0.3, -0.25) is 24.5 Å². The second-order valence-electron chi connectivity index (χ2n) is 8.93. The zero-order valence-corrected chi connectivity index (χ0v) is 20.0. The standard InChI is InChI=1S/C24H30N4O6/c1-27-14-22(20(29)32-3)18(16-10-6-8-12-25-16)28(2)19(17-11-7-9-13-26-17)23(15-27,21(30)33-4)24(22,31)34-5/h6-13,18-19,31H,14-15H2,1-5H3. The second-order valence-corrected chi connectivity index (χ2v) is 8.93. The maximum Gasteiger partial charge on any atom is 0.320 e. The Hall–Kier alpha value is -2.92. The Bertz CT molecular complexity index is 976. The molecule has 4 atom stereocenters. The molecule has 4 unspecified atom stereocenters. The normalized spacial score (nSPS) is 33.8. The summed E-state index contributed by atoms with van der Waals surface area (Å²) in [6.07, 6.45) is 3.23. The van der Waals surface area contributed by atoms with E-state index in [1.165, 1.54) is 21.3 Å². The molecule has 182 valence electrons. The van der Waals surface area contributed by atoms with Gasteiger partial charge in [0.1, 0.15) is 0 Å². The molecule has 0 amide bonds. The van der Waals surface area contributed by atoms with Crippen LogP contribution in [0.2, 0.25) is 0 Å². The average molecular weight is 471 g/mol. The van der Waals surface area contributed by atoms with Gasteiger partial charge in [0.15, 0.2) is 10.8 Å². The minimum atomic E-state index is -2.33. The Morgan fingerprint density at radius 2 is 1.32 bits per heavy atom. The number of piperidine rings is 2. The van der Waals surface area contributed by atoms with Gasteiger partial charge in [0, 0.05) is 32.6 Å². The fourth-order valence-electron chi connectivity index (χ4n) is 6.26. The van der Waals surface area contributed by atoms with Crippen molar-refractivity contribution in [2.24, 2.45) is 10.8 Å². The van der Waals surface area contributed by atoms with Crippen molar-refractivity contribution in [1.29, 1.82) is 0 Å². The van der Waals surface area contributed by atoms with Crippen LogP contribution in [0.15, 0.2) is 48.8 Å². The summed E-state index contributed by atoms with van der Waals surface area (Å²) in [5.41, 5.74) is -2.49. The minimum Gasteiger partial charge on any atom is -0.468 e. The summed E-state index contributed by atoms with van der Waals surface area (Å²) < 4.78 is 16.4. The van der Waals surface area contributed by atoms with E-state index in [0.717, 1.165) is 0 Å². The Balaban J connectivity index is 2.15. The molecule has 2 aliphatic rings. The van der Waals surface area contributed by atoms with Crippen LogP contribution in [-0.2, 0) is 23.8 Å². The third-order valence-corrected chi connectivity index (χ3v) is 7.33. The van der Waals surface area contributed by atoms with Crippen LogP contribution in [0.5, 0.6) is 0 Å². The summed E-state index contributed by atoms with van der Waals surface area (Å²) in [6.45, 7) is 0.0898. The van der Waals surface area contributed by atoms with E-state index < -0.39 is 40.6 Å². The third-order valence-electron chi connectivity index (χ3n) is 7.33. The van der Waals surface area contributed by atoms with Gasteiger partial charge in [0.25, 0.3) is 0 Å². The van der Waals surface area contributed by atoms with Gasteiger partial charge in [0.05, 0.1) is 37.7 Å². The fourth-order valence-corrected chi connectivity index (χ4v) is 6.26. The van der Waals surface area contributed by atoms with Crippen molar-refractivity contribution < 1.29 is 28.9 Å². The number of rotatable bonds is 5. The maximum atomic E-state index is 13.7. The van der Waals surface area contributed by atoms with Crippen molar-refractivity contribution in [2.75, 3.05) is 48.5 Å². The van der Waals surface area contributed by atoms with E-state index in [4.69, 9.17) is 14.2 Å². The van der Waals surface area contributed by atoms with Crippen molar-refractivity contribution in [1.82, 2.24) is 19.8 Å². The molecule has 4 rings (SSSR count). The zero-order chi connectivity index (χ0) is 24.7. The molecule has 2 bridgehead atoms. The molecule has 2 saturated heterocycles. The van der Waals surface area contributed by atoms with E-state index in [1.54, 1.807) is 62.9 Å². The van der Waals surface area contributed by atoms with Crippen molar-refractivity contribution in [3.05, 3.63) is 60.2 Å². The molecule has 2 aromatic rings. The first-order chi connectivity index (χ1) is 16.2. The van der Waals surface area contributed by atoms with Crippen LogP contribution in [0.25, 0.3) is 0 Å². The third kappa shape index (κ3) is 2.96. The van der Waals surface area contributed by atoms with Gasteiger partial charge in [-0.15, -0.1) is 0 Å². The number of carbonyl (C=O) groups is 2. The van der Waals surface area contributed by atoms with E-state index in [2.05, 4.69) is 9.97 Å². The molecule has 34 heavy (non-hydrogen) atoms. The number of hydrogen-bond acceptors (Lipinski definition) is 10. The first-order valence-corrected chi connectivity index (χ1v) is 10.9. The van der Waals surface area contributed by atoms with Gasteiger partial charge in [-0.2, -0.15) is 0 Å². The molecule has 1 N–H and O–H groups in total. The Morgan fingerprint density at radius 1 is 0.882 bits per heavy atom. The van der Waals surface area contributed by atoms with Crippen molar-refractivity contribution in [3.63, 3.8) is 0 Å². The highest BCUT2D eigenvalue weighted by molar-refractivity contribution is 5.87. The molecule has 0 radical (unpaired) electrons. The summed E-state index contributed by atoms with van der Waals surface area (Å²) in [6, 6.07) is 9.02. The molecule has 2 aromatic heterocycles. The Kier molecular flexibility index (Phi) is 6.19. The number of pyridine rings is 2. The molecule has 0 aliphatic carbocycles. The van der Waals surface area contributed by atoms with Gasteiger partial charge in [-0.1, -0.05) is 12.1 Å². The highest BCUT2D eigenvalue weighted by Gasteiger charge is 2.83. The number of ether oxygens (including phenoxy) is 3. The summed E-state index contributed by atoms with van der Waals surface area (Å²) in [4.78, 5) is 40.2. The number of esters is 2. The number of hydrogen-bond donors (Lipinski definition) is 1. The molecule has 2 aliphatic heterocycles. The SMILES string of the molecule is COC(=O)C12CN(C)CC(C(=O)OC)(C(c3ccccn3)N(C)C1c1ccccn1)C2(O)OC. The van der Waals surface area contributed by atoms with Crippen LogP contribution in [0.3, 0.4) is 0 Å². The number of nitrogens with zero attached hydrogens (tertiary/aromatic N) is 4. The van der Waals surface area contributed by atoms with E-state index in [0.29, 0.717) is 11.4 Å². The maximum absolute atomic E-state index is 13.7. The lowest BCUT2D eigenvalue weighted by molar-refractivity contribution is -0.382. The van der Waals surface area contributed by atoms with Gasteiger partial charge >= 0.3 is 11.9 Å². The molecule has 10 nitrogen and oxygen atoms in total. The van der Waals surface area contributed by atoms with Crippen molar-refractivity contribution in [2.45, 2.75) is 17.9 Å². The van der Waals surface area contributed by atoms with E-state index >= 15 is 0 Å². The monoisotopic (exact) mass is 470 g/mol. The van der Waals surface area contributed by atoms with Crippen molar-refractivity contribution in [3.8, 4) is 0 Å². The number of likely N-dealkylation sites (tertiary alicyclic amines) is 2. The van der Waals surface area contributed by atoms with E-state index in [1.807, 2.05) is 9.80 Å². The zero-order valence-electron chi connectivity index (χ0n) is 20.0. The topological polar surface area (TPSA) is 114 Å². The first kappa shape index (κ1) is 24.2. The predicted molar refractivity (Wildman–Crippen MR) is 120 cm³/mol. The second kappa shape index (κ2) is 8.70. The summed E-state index contributed by atoms with van der Waals surface area (Å²) in [7, 11) is 7.36. The number of methoxy groups -OCH3 is 3. The lowest BCUT2D eigenvalue weighted by Crippen LogP contribution is -2.83. The van der Waals surface area contributed by atoms with Crippen LogP contribution >= 0.6 is 0 Å². The fraction of sp³-hybridized carbons (Fsp3) is 0.500.